The predicted octanol–water partition coefficient (Wildman–Crippen LogP) is 2.59. The van der Waals surface area contributed by atoms with Crippen molar-refractivity contribution in [1.82, 2.24) is 9.21 Å². The molecule has 1 fully saturated rings. The first-order chi connectivity index (χ1) is 14.6. The number of rotatable bonds is 7. The first-order valence-corrected chi connectivity index (χ1v) is 11.0. The second-order valence-electron chi connectivity index (χ2n) is 7.12. The molecular formula is C20H22F4N2O4S. The van der Waals surface area contributed by atoms with E-state index in [1.165, 1.54) is 30.3 Å². The molecule has 3 rings (SSSR count). The second kappa shape index (κ2) is 9.51. The Kier molecular flexibility index (Phi) is 7.20. The molecule has 0 radical (unpaired) electrons. The standard InChI is InChI=1S/C20H22F4N2O4S/c21-15-5-7-17(8-6-15)30-14-16(27)13-25-9-11-26(12-10-25)31(28,29)19-4-2-1-3-18(19)20(22,23)24/h1-8,16,27H,9-14H2/t16-/m0/s1. The normalized spacial score (nSPS) is 17.5. The van der Waals surface area contributed by atoms with Gasteiger partial charge in [0.05, 0.1) is 10.5 Å². The van der Waals surface area contributed by atoms with Gasteiger partial charge in [0.1, 0.15) is 24.3 Å². The minimum atomic E-state index is -4.78. The highest BCUT2D eigenvalue weighted by atomic mass is 32.2. The highest BCUT2D eigenvalue weighted by Gasteiger charge is 2.39. The monoisotopic (exact) mass is 462 g/mol. The van der Waals surface area contributed by atoms with Crippen LogP contribution in [-0.4, -0.2) is 68.2 Å². The molecule has 11 heteroatoms. The summed E-state index contributed by atoms with van der Waals surface area (Å²) < 4.78 is 84.5. The van der Waals surface area contributed by atoms with Crippen LogP contribution in [0.4, 0.5) is 17.6 Å². The topological polar surface area (TPSA) is 70.1 Å². The summed E-state index contributed by atoms with van der Waals surface area (Å²) >= 11 is 0. The van der Waals surface area contributed by atoms with E-state index in [2.05, 4.69) is 0 Å². The van der Waals surface area contributed by atoms with Gasteiger partial charge < -0.3 is 9.84 Å². The molecule has 0 bridgehead atoms. The minimum absolute atomic E-state index is 0.0000635. The van der Waals surface area contributed by atoms with Crippen molar-refractivity contribution in [2.24, 2.45) is 0 Å². The number of sulfonamides is 1. The van der Waals surface area contributed by atoms with Crippen LogP contribution in [0.5, 0.6) is 5.75 Å². The van der Waals surface area contributed by atoms with Gasteiger partial charge in [-0.25, -0.2) is 12.8 Å². The lowest BCUT2D eigenvalue weighted by atomic mass is 10.2. The van der Waals surface area contributed by atoms with E-state index in [1.807, 2.05) is 0 Å². The van der Waals surface area contributed by atoms with E-state index < -0.39 is 38.6 Å². The van der Waals surface area contributed by atoms with Gasteiger partial charge in [0.2, 0.25) is 10.0 Å². The lowest BCUT2D eigenvalue weighted by Gasteiger charge is -2.35. The highest BCUT2D eigenvalue weighted by Crippen LogP contribution is 2.35. The van der Waals surface area contributed by atoms with Crippen molar-refractivity contribution >= 4 is 10.0 Å². The Morgan fingerprint density at radius 1 is 1.00 bits per heavy atom. The Bertz CT molecular complexity index is 975. The molecule has 1 saturated heterocycles. The molecule has 1 N–H and O–H groups in total. The first kappa shape index (κ1) is 23.5. The summed E-state index contributed by atoms with van der Waals surface area (Å²) in [5.74, 6) is -0.00160. The van der Waals surface area contributed by atoms with Gasteiger partial charge in [0.25, 0.3) is 0 Å². The van der Waals surface area contributed by atoms with Crippen LogP contribution in [0.15, 0.2) is 53.4 Å². The molecule has 1 heterocycles. The molecule has 0 spiro atoms. The van der Waals surface area contributed by atoms with E-state index in [4.69, 9.17) is 4.74 Å². The molecule has 170 valence electrons. The van der Waals surface area contributed by atoms with Gasteiger partial charge >= 0.3 is 6.18 Å². The molecular weight excluding hydrogens is 440 g/mol. The van der Waals surface area contributed by atoms with Gasteiger partial charge in [-0.05, 0) is 36.4 Å². The molecule has 6 nitrogen and oxygen atoms in total. The van der Waals surface area contributed by atoms with Crippen LogP contribution in [0.1, 0.15) is 5.56 Å². The third-order valence-corrected chi connectivity index (χ3v) is 6.82. The number of halogens is 4. The van der Waals surface area contributed by atoms with Crippen LogP contribution in [0.2, 0.25) is 0 Å². The van der Waals surface area contributed by atoms with Gasteiger partial charge in [-0.15, -0.1) is 0 Å². The van der Waals surface area contributed by atoms with E-state index in [-0.39, 0.29) is 39.3 Å². The number of aliphatic hydroxyl groups excluding tert-OH is 1. The fourth-order valence-corrected chi connectivity index (χ4v) is 4.93. The third-order valence-electron chi connectivity index (χ3n) is 4.87. The van der Waals surface area contributed by atoms with E-state index in [0.717, 1.165) is 22.5 Å². The number of benzene rings is 2. The summed E-state index contributed by atoms with van der Waals surface area (Å²) in [5, 5.41) is 10.1. The minimum Gasteiger partial charge on any atom is -0.491 e. The number of ether oxygens (including phenoxy) is 1. The van der Waals surface area contributed by atoms with E-state index in [9.17, 15) is 31.1 Å². The van der Waals surface area contributed by atoms with Gasteiger partial charge in [0, 0.05) is 32.7 Å². The summed E-state index contributed by atoms with van der Waals surface area (Å²) in [6.45, 7) is 0.666. The molecule has 0 saturated carbocycles. The molecule has 1 aliphatic rings. The maximum absolute atomic E-state index is 13.2. The Morgan fingerprint density at radius 3 is 2.23 bits per heavy atom. The van der Waals surface area contributed by atoms with Gasteiger partial charge in [-0.3, -0.25) is 4.90 Å². The van der Waals surface area contributed by atoms with Crippen LogP contribution < -0.4 is 4.74 Å². The molecule has 1 aliphatic heterocycles. The molecule has 0 aliphatic carbocycles. The summed E-state index contributed by atoms with van der Waals surface area (Å²) in [6, 6.07) is 9.46. The lowest BCUT2D eigenvalue weighted by molar-refractivity contribution is -0.139. The van der Waals surface area contributed by atoms with E-state index in [0.29, 0.717) is 5.75 Å². The van der Waals surface area contributed by atoms with Crippen molar-refractivity contribution in [3.8, 4) is 5.75 Å². The van der Waals surface area contributed by atoms with Gasteiger partial charge in [0.15, 0.2) is 0 Å². The maximum Gasteiger partial charge on any atom is 0.417 e. The zero-order chi connectivity index (χ0) is 22.6. The van der Waals surface area contributed by atoms with Crippen molar-refractivity contribution < 1.29 is 35.8 Å². The number of alkyl halides is 3. The average molecular weight is 462 g/mol. The molecule has 1 atom stereocenters. The molecule has 31 heavy (non-hydrogen) atoms. The maximum atomic E-state index is 13.2. The first-order valence-electron chi connectivity index (χ1n) is 9.52. The fourth-order valence-electron chi connectivity index (χ4n) is 3.29. The van der Waals surface area contributed by atoms with Crippen molar-refractivity contribution in [2.75, 3.05) is 39.3 Å². The number of piperazine rings is 1. The van der Waals surface area contributed by atoms with Crippen LogP contribution in [0, 0.1) is 5.82 Å². The zero-order valence-electron chi connectivity index (χ0n) is 16.4. The number of β-amino-alcohol motifs (C(OH)–C–C–N with tert-alkyl or cyclic N) is 1. The average Bonchev–Trinajstić information content (AvgIpc) is 2.73. The smallest absolute Gasteiger partial charge is 0.417 e. The van der Waals surface area contributed by atoms with Crippen molar-refractivity contribution in [3.63, 3.8) is 0 Å². The van der Waals surface area contributed by atoms with Gasteiger partial charge in [-0.1, -0.05) is 12.1 Å². The number of nitrogens with zero attached hydrogens (tertiary/aromatic N) is 2. The third kappa shape index (κ3) is 5.94. The second-order valence-corrected chi connectivity index (χ2v) is 9.02. The largest absolute Gasteiger partial charge is 0.491 e. The highest BCUT2D eigenvalue weighted by molar-refractivity contribution is 7.89. The SMILES string of the molecule is O=S(=O)(c1ccccc1C(F)(F)F)N1CCN(C[C@H](O)COc2ccc(F)cc2)CC1. The zero-order valence-corrected chi connectivity index (χ0v) is 17.2. The molecule has 0 unspecified atom stereocenters. The molecule has 0 amide bonds. The molecule has 2 aromatic rings. The fraction of sp³-hybridized carbons (Fsp3) is 0.400. The Hall–Kier alpha value is -2.21. The quantitative estimate of drug-likeness (QED) is 0.641. The van der Waals surface area contributed by atoms with Gasteiger partial charge in [-0.2, -0.15) is 17.5 Å². The predicted molar refractivity (Wildman–Crippen MR) is 105 cm³/mol. The number of hydrogen-bond donors (Lipinski definition) is 1. The molecule has 0 aromatic heterocycles. The van der Waals surface area contributed by atoms with Crippen LogP contribution in [0.3, 0.4) is 0 Å². The Labute approximate surface area is 177 Å². The Morgan fingerprint density at radius 2 is 1.61 bits per heavy atom. The van der Waals surface area contributed by atoms with E-state index in [1.54, 1.807) is 4.90 Å². The lowest BCUT2D eigenvalue weighted by Crippen LogP contribution is -2.51. The summed E-state index contributed by atoms with van der Waals surface area (Å²) in [5.41, 5.74) is -1.19. The van der Waals surface area contributed by atoms with Crippen LogP contribution >= 0.6 is 0 Å². The number of hydrogen-bond acceptors (Lipinski definition) is 5. The van der Waals surface area contributed by atoms with Crippen LogP contribution in [-0.2, 0) is 16.2 Å². The van der Waals surface area contributed by atoms with Crippen LogP contribution in [0.25, 0.3) is 0 Å². The van der Waals surface area contributed by atoms with Crippen molar-refractivity contribution in [1.29, 1.82) is 0 Å². The summed E-state index contributed by atoms with van der Waals surface area (Å²) in [4.78, 5) is 1.05. The van der Waals surface area contributed by atoms with E-state index >= 15 is 0 Å². The van der Waals surface area contributed by atoms with Crippen molar-refractivity contribution in [2.45, 2.75) is 17.2 Å². The molecule has 2 aromatic carbocycles. The summed E-state index contributed by atoms with van der Waals surface area (Å²) in [6.07, 6.45) is -5.65. The summed E-state index contributed by atoms with van der Waals surface area (Å²) in [7, 11) is -4.31. The number of aliphatic hydroxyl groups is 1. The Balaban J connectivity index is 1.55. The van der Waals surface area contributed by atoms with Crippen molar-refractivity contribution in [3.05, 3.63) is 59.9 Å².